The Labute approximate surface area is 241 Å². The lowest BCUT2D eigenvalue weighted by atomic mass is 10.00. The Morgan fingerprint density at radius 1 is 0.881 bits per heavy atom. The monoisotopic (exact) mass is 577 g/mol. The third kappa shape index (κ3) is 7.87. The molecule has 0 aliphatic carbocycles. The van der Waals surface area contributed by atoms with E-state index in [-0.39, 0.29) is 31.2 Å². The number of ether oxygens (including phenoxy) is 2. The number of nitrogens with one attached hydrogen (secondary N) is 2. The van der Waals surface area contributed by atoms with Gasteiger partial charge in [0.2, 0.25) is 0 Å². The van der Waals surface area contributed by atoms with E-state index < -0.39 is 17.6 Å². The maximum atomic E-state index is 12.9. The molecule has 10 heteroatoms. The summed E-state index contributed by atoms with van der Waals surface area (Å²) in [5.41, 5.74) is 4.47. The lowest BCUT2D eigenvalue weighted by Gasteiger charge is -2.14. The largest absolute Gasteiger partial charge is 0.497 e. The standard InChI is InChI=1S/C32H30F3N3O4/c1-3-42-30(39)16-17-36-31(40)29-15-9-24(20-38-29)28-18-27(41-2)14-8-23(28)19-37-26-12-6-22(7-13-26)21-4-10-25(11-5-21)32(33,34)35/h4-15,18,20,37H,3,16-17,19H2,1-2H3,(H,36,40). The Kier molecular flexibility index (Phi) is 9.80. The zero-order valence-corrected chi connectivity index (χ0v) is 23.1. The van der Waals surface area contributed by atoms with Gasteiger partial charge >= 0.3 is 12.1 Å². The molecule has 0 saturated heterocycles. The number of alkyl halides is 3. The molecule has 2 N–H and O–H groups in total. The predicted molar refractivity (Wildman–Crippen MR) is 154 cm³/mol. The number of halogens is 3. The Morgan fingerprint density at radius 2 is 1.55 bits per heavy atom. The van der Waals surface area contributed by atoms with Gasteiger partial charge in [0.25, 0.3) is 5.91 Å². The van der Waals surface area contributed by atoms with Crippen LogP contribution in [0.25, 0.3) is 22.3 Å². The van der Waals surface area contributed by atoms with Crippen molar-refractivity contribution in [2.75, 3.05) is 25.6 Å². The Bertz CT molecular complexity index is 1500. The minimum Gasteiger partial charge on any atom is -0.497 e. The van der Waals surface area contributed by atoms with E-state index in [1.54, 1.807) is 32.4 Å². The second kappa shape index (κ2) is 13.7. The lowest BCUT2D eigenvalue weighted by Crippen LogP contribution is -2.27. The minimum atomic E-state index is -4.37. The Morgan fingerprint density at radius 3 is 2.14 bits per heavy atom. The zero-order chi connectivity index (χ0) is 30.1. The van der Waals surface area contributed by atoms with Gasteiger partial charge in [-0.05, 0) is 71.6 Å². The zero-order valence-electron chi connectivity index (χ0n) is 23.1. The number of pyridine rings is 1. The number of aromatic nitrogens is 1. The quantitative estimate of drug-likeness (QED) is 0.192. The molecule has 0 aliphatic heterocycles. The highest BCUT2D eigenvalue weighted by atomic mass is 19.4. The van der Waals surface area contributed by atoms with Gasteiger partial charge in [-0.3, -0.25) is 14.6 Å². The van der Waals surface area contributed by atoms with Crippen LogP contribution in [0.1, 0.15) is 35.0 Å². The molecule has 4 aromatic rings. The number of esters is 1. The molecule has 0 spiro atoms. The number of benzene rings is 3. The van der Waals surface area contributed by atoms with Gasteiger partial charge in [0, 0.05) is 30.5 Å². The minimum absolute atomic E-state index is 0.0790. The van der Waals surface area contributed by atoms with Crippen LogP contribution < -0.4 is 15.4 Å². The summed E-state index contributed by atoms with van der Waals surface area (Å²) < 4.78 is 48.9. The van der Waals surface area contributed by atoms with Crippen LogP contribution in [0.4, 0.5) is 18.9 Å². The smallest absolute Gasteiger partial charge is 0.416 e. The maximum absolute atomic E-state index is 12.9. The number of amides is 1. The van der Waals surface area contributed by atoms with Crippen LogP contribution in [-0.4, -0.2) is 37.1 Å². The van der Waals surface area contributed by atoms with Crippen LogP contribution in [0.5, 0.6) is 5.75 Å². The van der Waals surface area contributed by atoms with E-state index in [9.17, 15) is 22.8 Å². The van der Waals surface area contributed by atoms with Crippen molar-refractivity contribution < 1.29 is 32.2 Å². The van der Waals surface area contributed by atoms with Crippen molar-refractivity contribution in [1.29, 1.82) is 0 Å². The average molecular weight is 578 g/mol. The molecular weight excluding hydrogens is 547 g/mol. The number of methoxy groups -OCH3 is 1. The van der Waals surface area contributed by atoms with Gasteiger partial charge in [-0.25, -0.2) is 0 Å². The first kappa shape index (κ1) is 30.1. The van der Waals surface area contributed by atoms with Crippen molar-refractivity contribution in [3.63, 3.8) is 0 Å². The molecule has 0 radical (unpaired) electrons. The molecular formula is C32H30F3N3O4. The molecule has 0 bridgehead atoms. The van der Waals surface area contributed by atoms with E-state index in [2.05, 4.69) is 15.6 Å². The molecule has 7 nitrogen and oxygen atoms in total. The summed E-state index contributed by atoms with van der Waals surface area (Å²) >= 11 is 0. The second-order valence-electron chi connectivity index (χ2n) is 9.27. The number of hydrogen-bond donors (Lipinski definition) is 2. The van der Waals surface area contributed by atoms with E-state index in [0.717, 1.165) is 40.1 Å². The first-order valence-corrected chi connectivity index (χ1v) is 13.3. The Balaban J connectivity index is 1.43. The number of carbonyl (C=O) groups excluding carboxylic acids is 2. The number of rotatable bonds is 11. The third-order valence-electron chi connectivity index (χ3n) is 6.46. The fraction of sp³-hybridized carbons (Fsp3) is 0.219. The number of hydrogen-bond acceptors (Lipinski definition) is 6. The topological polar surface area (TPSA) is 89.5 Å². The summed E-state index contributed by atoms with van der Waals surface area (Å²) in [6.45, 7) is 2.63. The highest BCUT2D eigenvalue weighted by molar-refractivity contribution is 5.92. The molecule has 0 atom stereocenters. The van der Waals surface area contributed by atoms with Gasteiger partial charge in [-0.2, -0.15) is 13.2 Å². The van der Waals surface area contributed by atoms with Crippen LogP contribution in [0, 0.1) is 0 Å². The predicted octanol–water partition coefficient (Wildman–Crippen LogP) is 6.74. The third-order valence-corrected chi connectivity index (χ3v) is 6.46. The molecule has 0 fully saturated rings. The van der Waals surface area contributed by atoms with Crippen molar-refractivity contribution >= 4 is 17.6 Å². The van der Waals surface area contributed by atoms with E-state index in [0.29, 0.717) is 17.9 Å². The molecule has 1 aromatic heterocycles. The maximum Gasteiger partial charge on any atom is 0.416 e. The summed E-state index contributed by atoms with van der Waals surface area (Å²) in [6.07, 6.45) is -2.68. The van der Waals surface area contributed by atoms with Crippen LogP contribution >= 0.6 is 0 Å². The molecule has 1 heterocycles. The normalized spacial score (nSPS) is 11.1. The van der Waals surface area contributed by atoms with Crippen molar-refractivity contribution in [2.45, 2.75) is 26.1 Å². The van der Waals surface area contributed by atoms with E-state index in [4.69, 9.17) is 9.47 Å². The first-order valence-electron chi connectivity index (χ1n) is 13.3. The Hall–Kier alpha value is -4.86. The molecule has 42 heavy (non-hydrogen) atoms. The van der Waals surface area contributed by atoms with Crippen molar-refractivity contribution in [2.24, 2.45) is 0 Å². The van der Waals surface area contributed by atoms with Crippen molar-refractivity contribution in [3.05, 3.63) is 102 Å². The van der Waals surface area contributed by atoms with Crippen LogP contribution in [0.15, 0.2) is 85.1 Å². The summed E-state index contributed by atoms with van der Waals surface area (Å²) in [5.74, 6) is -0.107. The SMILES string of the molecule is CCOC(=O)CCNC(=O)c1ccc(-c2cc(OC)ccc2CNc2ccc(-c3ccc(C(F)(F)F)cc3)cc2)cn1. The van der Waals surface area contributed by atoms with Crippen LogP contribution in [-0.2, 0) is 22.3 Å². The van der Waals surface area contributed by atoms with Crippen molar-refractivity contribution in [1.82, 2.24) is 10.3 Å². The van der Waals surface area contributed by atoms with Gasteiger partial charge in [0.15, 0.2) is 0 Å². The van der Waals surface area contributed by atoms with Crippen LogP contribution in [0.3, 0.4) is 0 Å². The van der Waals surface area contributed by atoms with E-state index in [1.165, 1.54) is 12.1 Å². The molecule has 0 unspecified atom stereocenters. The van der Waals surface area contributed by atoms with E-state index in [1.807, 2.05) is 42.5 Å². The van der Waals surface area contributed by atoms with Gasteiger partial charge in [-0.1, -0.05) is 36.4 Å². The molecule has 0 saturated carbocycles. The first-order chi connectivity index (χ1) is 20.2. The summed E-state index contributed by atoms with van der Waals surface area (Å²) in [5, 5.41) is 6.04. The molecule has 3 aromatic carbocycles. The highest BCUT2D eigenvalue weighted by Gasteiger charge is 2.30. The molecule has 4 rings (SSSR count). The number of nitrogens with zero attached hydrogens (tertiary/aromatic N) is 1. The van der Waals surface area contributed by atoms with E-state index >= 15 is 0 Å². The lowest BCUT2D eigenvalue weighted by molar-refractivity contribution is -0.143. The van der Waals surface area contributed by atoms with Gasteiger partial charge < -0.3 is 20.1 Å². The summed E-state index contributed by atoms with van der Waals surface area (Å²) in [4.78, 5) is 28.2. The average Bonchev–Trinajstić information content (AvgIpc) is 3.00. The fourth-order valence-electron chi connectivity index (χ4n) is 4.22. The summed E-state index contributed by atoms with van der Waals surface area (Å²) in [7, 11) is 1.58. The van der Waals surface area contributed by atoms with Crippen LogP contribution in [0.2, 0.25) is 0 Å². The molecule has 218 valence electrons. The highest BCUT2D eigenvalue weighted by Crippen LogP contribution is 2.32. The second-order valence-corrected chi connectivity index (χ2v) is 9.27. The van der Waals surface area contributed by atoms with Gasteiger partial charge in [0.05, 0.1) is 25.7 Å². The number of carbonyl (C=O) groups is 2. The number of anilines is 1. The molecule has 0 aliphatic rings. The fourth-order valence-corrected chi connectivity index (χ4v) is 4.22. The molecule has 1 amide bonds. The van der Waals surface area contributed by atoms with Gasteiger partial charge in [0.1, 0.15) is 11.4 Å². The van der Waals surface area contributed by atoms with Crippen molar-refractivity contribution in [3.8, 4) is 28.0 Å². The summed E-state index contributed by atoms with van der Waals surface area (Å²) in [6, 6.07) is 21.6. The van der Waals surface area contributed by atoms with Gasteiger partial charge in [-0.15, -0.1) is 0 Å².